The number of carbonyl (C=O) groups is 1. The first-order chi connectivity index (χ1) is 9.90. The maximum Gasteiger partial charge on any atom is 0.255 e. The van der Waals surface area contributed by atoms with Gasteiger partial charge in [-0.3, -0.25) is 4.79 Å². The molecule has 4 nitrogen and oxygen atoms in total. The van der Waals surface area contributed by atoms with Gasteiger partial charge in [0.1, 0.15) is 5.75 Å². The van der Waals surface area contributed by atoms with Crippen molar-refractivity contribution in [1.29, 1.82) is 0 Å². The van der Waals surface area contributed by atoms with Crippen molar-refractivity contribution < 1.29 is 9.53 Å². The number of anilines is 2. The number of methoxy groups -OCH3 is 1. The second kappa shape index (κ2) is 6.24. The molecule has 0 aromatic heterocycles. The molecule has 1 amide bonds. The van der Waals surface area contributed by atoms with Crippen molar-refractivity contribution in [2.24, 2.45) is 0 Å². The van der Waals surface area contributed by atoms with Crippen LogP contribution in [0, 0.1) is 6.92 Å². The van der Waals surface area contributed by atoms with Gasteiger partial charge in [-0.2, -0.15) is 0 Å². The van der Waals surface area contributed by atoms with Crippen LogP contribution in [0.1, 0.15) is 15.9 Å². The summed E-state index contributed by atoms with van der Waals surface area (Å²) in [4.78, 5) is 12.3. The lowest BCUT2D eigenvalue weighted by molar-refractivity contribution is 0.102. The number of nitrogen functional groups attached to an aromatic ring is 1. The Kier molecular flexibility index (Phi) is 4.60. The summed E-state index contributed by atoms with van der Waals surface area (Å²) in [5.41, 5.74) is 7.83. The van der Waals surface area contributed by atoms with E-state index >= 15 is 0 Å². The molecule has 110 valence electrons. The molecule has 0 aliphatic rings. The summed E-state index contributed by atoms with van der Waals surface area (Å²) in [6, 6.07) is 8.09. The Morgan fingerprint density at radius 3 is 2.52 bits per heavy atom. The minimum absolute atomic E-state index is 0.345. The van der Waals surface area contributed by atoms with E-state index in [4.69, 9.17) is 33.7 Å². The molecule has 0 atom stereocenters. The number of nitrogens with two attached hydrogens (primary N) is 1. The van der Waals surface area contributed by atoms with E-state index in [2.05, 4.69) is 5.32 Å². The fourth-order valence-corrected chi connectivity index (χ4v) is 2.24. The van der Waals surface area contributed by atoms with Gasteiger partial charge in [0.05, 0.1) is 17.8 Å². The van der Waals surface area contributed by atoms with E-state index in [0.717, 1.165) is 5.56 Å². The quantitative estimate of drug-likeness (QED) is 0.834. The minimum Gasteiger partial charge on any atom is -0.497 e. The third-order valence-electron chi connectivity index (χ3n) is 2.92. The Hall–Kier alpha value is -1.91. The second-order valence-corrected chi connectivity index (χ2v) is 5.34. The highest BCUT2D eigenvalue weighted by atomic mass is 35.5. The maximum absolute atomic E-state index is 12.3. The van der Waals surface area contributed by atoms with Gasteiger partial charge in [-0.1, -0.05) is 23.2 Å². The van der Waals surface area contributed by atoms with E-state index in [-0.39, 0.29) is 5.91 Å². The zero-order valence-corrected chi connectivity index (χ0v) is 13.0. The maximum atomic E-state index is 12.3. The molecule has 2 aromatic carbocycles. The Labute approximate surface area is 132 Å². The van der Waals surface area contributed by atoms with Crippen LogP contribution < -0.4 is 15.8 Å². The highest BCUT2D eigenvalue weighted by molar-refractivity contribution is 6.36. The van der Waals surface area contributed by atoms with Crippen LogP contribution in [-0.2, 0) is 0 Å². The normalized spacial score (nSPS) is 10.3. The highest BCUT2D eigenvalue weighted by Crippen LogP contribution is 2.29. The lowest BCUT2D eigenvalue weighted by atomic mass is 10.1. The fraction of sp³-hybridized carbons (Fsp3) is 0.133. The van der Waals surface area contributed by atoms with E-state index in [9.17, 15) is 4.79 Å². The zero-order valence-electron chi connectivity index (χ0n) is 11.5. The molecule has 0 bridgehead atoms. The summed E-state index contributed by atoms with van der Waals surface area (Å²) in [5, 5.41) is 3.65. The van der Waals surface area contributed by atoms with Crippen molar-refractivity contribution in [1.82, 2.24) is 0 Å². The average molecular weight is 325 g/mol. The summed E-state index contributed by atoms with van der Waals surface area (Å²) in [6.45, 7) is 1.84. The van der Waals surface area contributed by atoms with Crippen molar-refractivity contribution in [2.75, 3.05) is 18.2 Å². The van der Waals surface area contributed by atoms with Gasteiger partial charge >= 0.3 is 0 Å². The Balaban J connectivity index is 2.30. The number of carbonyl (C=O) groups excluding carboxylic acids is 1. The molecule has 0 fully saturated rings. The number of benzene rings is 2. The van der Waals surface area contributed by atoms with Gasteiger partial charge in [-0.15, -0.1) is 0 Å². The van der Waals surface area contributed by atoms with Crippen LogP contribution in [0.3, 0.4) is 0 Å². The van der Waals surface area contributed by atoms with Crippen molar-refractivity contribution in [3.63, 3.8) is 0 Å². The predicted molar refractivity (Wildman–Crippen MR) is 86.6 cm³/mol. The van der Waals surface area contributed by atoms with Gasteiger partial charge in [0.15, 0.2) is 0 Å². The van der Waals surface area contributed by atoms with Gasteiger partial charge < -0.3 is 15.8 Å². The first-order valence-corrected chi connectivity index (χ1v) is 6.88. The van der Waals surface area contributed by atoms with Crippen LogP contribution >= 0.6 is 23.2 Å². The smallest absolute Gasteiger partial charge is 0.255 e. The van der Waals surface area contributed by atoms with Crippen LogP contribution in [0.4, 0.5) is 11.4 Å². The van der Waals surface area contributed by atoms with E-state index < -0.39 is 0 Å². The molecular weight excluding hydrogens is 311 g/mol. The summed E-state index contributed by atoms with van der Waals surface area (Å²) in [7, 11) is 1.51. The molecular formula is C15H14Cl2N2O2. The van der Waals surface area contributed by atoms with E-state index in [1.165, 1.54) is 7.11 Å². The van der Waals surface area contributed by atoms with Gasteiger partial charge in [0.25, 0.3) is 5.91 Å². The third kappa shape index (κ3) is 3.60. The molecule has 0 aliphatic carbocycles. The number of rotatable bonds is 3. The fourth-order valence-electron chi connectivity index (χ4n) is 1.81. The molecule has 2 rings (SSSR count). The monoisotopic (exact) mass is 324 g/mol. The van der Waals surface area contributed by atoms with Crippen LogP contribution in [0.25, 0.3) is 0 Å². The average Bonchev–Trinajstić information content (AvgIpc) is 2.43. The van der Waals surface area contributed by atoms with Gasteiger partial charge in [-0.25, -0.2) is 0 Å². The van der Waals surface area contributed by atoms with Crippen LogP contribution in [0.2, 0.25) is 10.0 Å². The largest absolute Gasteiger partial charge is 0.497 e. The number of ether oxygens (including phenoxy) is 1. The number of nitrogens with one attached hydrogen (secondary N) is 1. The molecule has 0 saturated carbocycles. The lowest BCUT2D eigenvalue weighted by Gasteiger charge is -2.10. The molecule has 0 aliphatic heterocycles. The van der Waals surface area contributed by atoms with E-state index in [1.54, 1.807) is 30.3 Å². The first-order valence-electron chi connectivity index (χ1n) is 6.12. The topological polar surface area (TPSA) is 64.3 Å². The molecule has 2 aromatic rings. The molecule has 21 heavy (non-hydrogen) atoms. The van der Waals surface area contributed by atoms with Crippen LogP contribution in [0.5, 0.6) is 5.75 Å². The SMILES string of the molecule is COc1cc(N)cc(C(=O)Nc2cc(Cl)c(C)cc2Cl)c1. The minimum atomic E-state index is -0.345. The third-order valence-corrected chi connectivity index (χ3v) is 3.64. The summed E-state index contributed by atoms with van der Waals surface area (Å²) >= 11 is 12.1. The Morgan fingerprint density at radius 1 is 1.14 bits per heavy atom. The van der Waals surface area contributed by atoms with E-state index in [1.807, 2.05) is 6.92 Å². The number of hydrogen-bond acceptors (Lipinski definition) is 3. The molecule has 0 spiro atoms. The highest BCUT2D eigenvalue weighted by Gasteiger charge is 2.12. The summed E-state index contributed by atoms with van der Waals surface area (Å²) < 4.78 is 5.09. The molecule has 3 N–H and O–H groups in total. The van der Waals surface area contributed by atoms with E-state index in [0.29, 0.717) is 32.7 Å². The number of halogens is 2. The Bertz CT molecular complexity index is 702. The van der Waals surface area contributed by atoms with Gasteiger partial charge in [0.2, 0.25) is 0 Å². The lowest BCUT2D eigenvalue weighted by Crippen LogP contribution is -2.13. The number of aryl methyl sites for hydroxylation is 1. The first kappa shape index (κ1) is 15.5. The van der Waals surface area contributed by atoms with Crippen molar-refractivity contribution >= 4 is 40.5 Å². The van der Waals surface area contributed by atoms with Crippen LogP contribution in [0.15, 0.2) is 30.3 Å². The standard InChI is InChI=1S/C15H14Cl2N2O2/c1-8-3-13(17)14(7-12(8)16)19-15(20)9-4-10(18)6-11(5-9)21-2/h3-7H,18H2,1-2H3,(H,19,20). The molecule has 6 heteroatoms. The molecule has 0 unspecified atom stereocenters. The summed E-state index contributed by atoms with van der Waals surface area (Å²) in [5.74, 6) is 0.163. The Morgan fingerprint density at radius 2 is 1.86 bits per heavy atom. The van der Waals surface area contributed by atoms with Crippen LogP contribution in [-0.4, -0.2) is 13.0 Å². The van der Waals surface area contributed by atoms with Gasteiger partial charge in [-0.05, 0) is 36.8 Å². The zero-order chi connectivity index (χ0) is 15.6. The molecule has 0 heterocycles. The molecule has 0 radical (unpaired) electrons. The van der Waals surface area contributed by atoms with Crippen molar-refractivity contribution in [3.05, 3.63) is 51.5 Å². The summed E-state index contributed by atoms with van der Waals surface area (Å²) in [6.07, 6.45) is 0. The van der Waals surface area contributed by atoms with Crippen molar-refractivity contribution in [2.45, 2.75) is 6.92 Å². The van der Waals surface area contributed by atoms with Gasteiger partial charge in [0, 0.05) is 22.3 Å². The predicted octanol–water partition coefficient (Wildman–Crippen LogP) is 4.14. The second-order valence-electron chi connectivity index (χ2n) is 4.53. The number of hydrogen-bond donors (Lipinski definition) is 2. The molecule has 0 saturated heterocycles. The van der Waals surface area contributed by atoms with Crippen molar-refractivity contribution in [3.8, 4) is 5.75 Å². The number of amides is 1.